The Morgan fingerprint density at radius 3 is 2.47 bits per heavy atom. The van der Waals surface area contributed by atoms with Crippen molar-refractivity contribution in [2.45, 2.75) is 0 Å². The fourth-order valence-electron chi connectivity index (χ4n) is 1.57. The first-order valence-corrected chi connectivity index (χ1v) is 6.07. The number of nitrogens with one attached hydrogen (secondary N) is 1. The minimum Gasteiger partial charge on any atom is -0.497 e. The minimum absolute atomic E-state index is 0.172. The Morgan fingerprint density at radius 2 is 1.84 bits per heavy atom. The first-order valence-electron chi connectivity index (χ1n) is 5.66. The Morgan fingerprint density at radius 1 is 1.11 bits per heavy atom. The molecule has 0 aliphatic heterocycles. The SMILES string of the molecule is COc1ccc(Oc2ccccc2)c(NC(N)=S)c1. The number of methoxy groups -OCH3 is 1. The van der Waals surface area contributed by atoms with Crippen LogP contribution in [0.3, 0.4) is 0 Å². The number of para-hydroxylation sites is 1. The van der Waals surface area contributed by atoms with Gasteiger partial charge in [0.1, 0.15) is 11.5 Å². The zero-order valence-corrected chi connectivity index (χ0v) is 11.2. The van der Waals surface area contributed by atoms with E-state index < -0.39 is 0 Å². The largest absolute Gasteiger partial charge is 0.497 e. The maximum absolute atomic E-state index is 5.78. The molecular formula is C14H14N2O2S. The normalized spacial score (nSPS) is 9.74. The van der Waals surface area contributed by atoms with Crippen molar-refractivity contribution in [1.82, 2.24) is 0 Å². The van der Waals surface area contributed by atoms with Crippen LogP contribution in [0, 0.1) is 0 Å². The number of rotatable bonds is 4. The van der Waals surface area contributed by atoms with Crippen LogP contribution in [-0.2, 0) is 0 Å². The van der Waals surface area contributed by atoms with Gasteiger partial charge in [-0.25, -0.2) is 0 Å². The van der Waals surface area contributed by atoms with Crippen molar-refractivity contribution in [3.05, 3.63) is 48.5 Å². The Labute approximate surface area is 117 Å². The summed E-state index contributed by atoms with van der Waals surface area (Å²) in [6, 6.07) is 14.9. The van der Waals surface area contributed by atoms with E-state index in [0.29, 0.717) is 17.2 Å². The number of thiocarbonyl (C=S) groups is 1. The van der Waals surface area contributed by atoms with Crippen molar-refractivity contribution in [2.75, 3.05) is 12.4 Å². The molecule has 2 aromatic rings. The van der Waals surface area contributed by atoms with Crippen LogP contribution in [0.15, 0.2) is 48.5 Å². The molecule has 0 heterocycles. The summed E-state index contributed by atoms with van der Waals surface area (Å²) in [6.07, 6.45) is 0. The summed E-state index contributed by atoms with van der Waals surface area (Å²) >= 11 is 4.85. The van der Waals surface area contributed by atoms with E-state index in [-0.39, 0.29) is 5.11 Å². The molecule has 0 spiro atoms. The Bertz CT molecular complexity index is 573. The highest BCUT2D eigenvalue weighted by Gasteiger charge is 2.07. The second kappa shape index (κ2) is 6.06. The quantitative estimate of drug-likeness (QED) is 0.839. The molecule has 0 aliphatic carbocycles. The van der Waals surface area contributed by atoms with E-state index in [1.807, 2.05) is 36.4 Å². The predicted molar refractivity (Wildman–Crippen MR) is 79.9 cm³/mol. The topological polar surface area (TPSA) is 56.5 Å². The molecule has 0 atom stereocenters. The lowest BCUT2D eigenvalue weighted by Gasteiger charge is -2.13. The van der Waals surface area contributed by atoms with Crippen molar-refractivity contribution >= 4 is 23.0 Å². The maximum Gasteiger partial charge on any atom is 0.168 e. The van der Waals surface area contributed by atoms with Gasteiger partial charge in [0.05, 0.1) is 12.8 Å². The monoisotopic (exact) mass is 274 g/mol. The van der Waals surface area contributed by atoms with Crippen molar-refractivity contribution in [2.24, 2.45) is 5.73 Å². The van der Waals surface area contributed by atoms with Gasteiger partial charge in [0, 0.05) is 6.07 Å². The first-order chi connectivity index (χ1) is 9.19. The zero-order valence-electron chi connectivity index (χ0n) is 10.4. The minimum atomic E-state index is 0.172. The summed E-state index contributed by atoms with van der Waals surface area (Å²) in [5.41, 5.74) is 6.16. The van der Waals surface area contributed by atoms with E-state index in [1.165, 1.54) is 0 Å². The third kappa shape index (κ3) is 3.59. The lowest BCUT2D eigenvalue weighted by atomic mass is 10.2. The summed E-state index contributed by atoms with van der Waals surface area (Å²) in [6.45, 7) is 0. The van der Waals surface area contributed by atoms with Gasteiger partial charge in [-0.2, -0.15) is 0 Å². The van der Waals surface area contributed by atoms with Crippen molar-refractivity contribution in [3.63, 3.8) is 0 Å². The van der Waals surface area contributed by atoms with Crippen LogP contribution < -0.4 is 20.5 Å². The maximum atomic E-state index is 5.78. The molecule has 0 unspecified atom stereocenters. The Kier molecular flexibility index (Phi) is 4.20. The molecule has 5 heteroatoms. The molecule has 98 valence electrons. The number of hydrogen-bond acceptors (Lipinski definition) is 3. The van der Waals surface area contributed by atoms with Crippen LogP contribution in [-0.4, -0.2) is 12.2 Å². The molecule has 3 N–H and O–H groups in total. The molecule has 19 heavy (non-hydrogen) atoms. The van der Waals surface area contributed by atoms with Crippen LogP contribution in [0.1, 0.15) is 0 Å². The Hall–Kier alpha value is -2.27. The summed E-state index contributed by atoms with van der Waals surface area (Å²) in [5, 5.41) is 3.04. The molecule has 0 bridgehead atoms. The van der Waals surface area contributed by atoms with Crippen LogP contribution >= 0.6 is 12.2 Å². The van der Waals surface area contributed by atoms with Crippen LogP contribution in [0.2, 0.25) is 0 Å². The highest BCUT2D eigenvalue weighted by molar-refractivity contribution is 7.80. The van der Waals surface area contributed by atoms with Gasteiger partial charge in [-0.15, -0.1) is 0 Å². The highest BCUT2D eigenvalue weighted by atomic mass is 32.1. The van der Waals surface area contributed by atoms with Gasteiger partial charge < -0.3 is 20.5 Å². The molecule has 0 saturated carbocycles. The van der Waals surface area contributed by atoms with Crippen LogP contribution in [0.4, 0.5) is 5.69 Å². The van der Waals surface area contributed by atoms with E-state index in [4.69, 9.17) is 27.4 Å². The van der Waals surface area contributed by atoms with Gasteiger partial charge in [0.25, 0.3) is 0 Å². The standard InChI is InChI=1S/C14H14N2O2S/c1-17-11-7-8-13(12(9-11)16-14(15)19)18-10-5-3-2-4-6-10/h2-9H,1H3,(H3,15,16,19). The molecular weight excluding hydrogens is 260 g/mol. The number of anilines is 1. The van der Waals surface area contributed by atoms with Gasteiger partial charge in [-0.3, -0.25) is 0 Å². The smallest absolute Gasteiger partial charge is 0.168 e. The molecule has 2 aromatic carbocycles. The number of ether oxygens (including phenoxy) is 2. The fraction of sp³-hybridized carbons (Fsp3) is 0.0714. The van der Waals surface area contributed by atoms with Gasteiger partial charge >= 0.3 is 0 Å². The van der Waals surface area contributed by atoms with E-state index in [9.17, 15) is 0 Å². The second-order valence-corrected chi connectivity index (χ2v) is 4.21. The first kappa shape index (κ1) is 13.2. The Balaban J connectivity index is 2.30. The average Bonchev–Trinajstić information content (AvgIpc) is 2.41. The lowest BCUT2D eigenvalue weighted by molar-refractivity contribution is 0.413. The van der Waals surface area contributed by atoms with Gasteiger partial charge in [-0.1, -0.05) is 18.2 Å². The third-order valence-corrected chi connectivity index (χ3v) is 2.52. The van der Waals surface area contributed by atoms with Crippen molar-refractivity contribution < 1.29 is 9.47 Å². The fourth-order valence-corrected chi connectivity index (χ4v) is 1.68. The lowest BCUT2D eigenvalue weighted by Crippen LogP contribution is -2.19. The third-order valence-electron chi connectivity index (χ3n) is 2.42. The molecule has 0 fully saturated rings. The van der Waals surface area contributed by atoms with Crippen LogP contribution in [0.25, 0.3) is 0 Å². The van der Waals surface area contributed by atoms with E-state index in [2.05, 4.69) is 5.32 Å². The summed E-state index contributed by atoms with van der Waals surface area (Å²) < 4.78 is 10.9. The molecule has 2 rings (SSSR count). The van der Waals surface area contributed by atoms with Crippen molar-refractivity contribution in [3.8, 4) is 17.2 Å². The predicted octanol–water partition coefficient (Wildman–Crippen LogP) is 3.14. The molecule has 0 aliphatic rings. The van der Waals surface area contributed by atoms with E-state index in [0.717, 1.165) is 5.75 Å². The number of hydrogen-bond donors (Lipinski definition) is 2. The van der Waals surface area contributed by atoms with E-state index >= 15 is 0 Å². The molecule has 4 nitrogen and oxygen atoms in total. The van der Waals surface area contributed by atoms with Gasteiger partial charge in [-0.05, 0) is 36.5 Å². The van der Waals surface area contributed by atoms with Gasteiger partial charge in [0.15, 0.2) is 10.9 Å². The van der Waals surface area contributed by atoms with Gasteiger partial charge in [0.2, 0.25) is 0 Å². The summed E-state index contributed by atoms with van der Waals surface area (Å²) in [5.74, 6) is 2.05. The molecule has 0 radical (unpaired) electrons. The average molecular weight is 274 g/mol. The van der Waals surface area contributed by atoms with E-state index in [1.54, 1.807) is 19.2 Å². The highest BCUT2D eigenvalue weighted by Crippen LogP contribution is 2.32. The summed E-state index contributed by atoms with van der Waals surface area (Å²) in [4.78, 5) is 0. The molecule has 0 amide bonds. The number of nitrogens with two attached hydrogens (primary N) is 1. The summed E-state index contributed by atoms with van der Waals surface area (Å²) in [7, 11) is 1.59. The molecule has 0 saturated heterocycles. The van der Waals surface area contributed by atoms with Crippen molar-refractivity contribution in [1.29, 1.82) is 0 Å². The van der Waals surface area contributed by atoms with Crippen LogP contribution in [0.5, 0.6) is 17.2 Å². The second-order valence-electron chi connectivity index (χ2n) is 3.77. The zero-order chi connectivity index (χ0) is 13.7. The molecule has 0 aromatic heterocycles. The number of benzene rings is 2.